The van der Waals surface area contributed by atoms with Crippen LogP contribution in [0.5, 0.6) is 11.5 Å². The third kappa shape index (κ3) is 4.22. The number of ether oxygens (including phenoxy) is 3. The average Bonchev–Trinajstić information content (AvgIpc) is 2.76. The van der Waals surface area contributed by atoms with Gasteiger partial charge in [0.05, 0.1) is 19.4 Å². The number of pyridine rings is 1. The van der Waals surface area contributed by atoms with Crippen molar-refractivity contribution in [3.8, 4) is 23.8 Å². The molecule has 0 saturated heterocycles. The van der Waals surface area contributed by atoms with E-state index >= 15 is 0 Å². The highest BCUT2D eigenvalue weighted by atomic mass is 16.5. The molecule has 1 unspecified atom stereocenters. The Morgan fingerprint density at radius 1 is 1.26 bits per heavy atom. The molecule has 2 heterocycles. The number of hydrogen-bond donors (Lipinski definition) is 4. The molecule has 0 saturated carbocycles. The quantitative estimate of drug-likeness (QED) is 0.290. The van der Waals surface area contributed by atoms with Gasteiger partial charge in [0.25, 0.3) is 0 Å². The molecule has 11 nitrogen and oxygen atoms in total. The molecule has 31 heavy (non-hydrogen) atoms. The molecule has 0 fully saturated rings. The molecule has 11 heteroatoms. The third-order valence-corrected chi connectivity index (χ3v) is 4.56. The first kappa shape index (κ1) is 21.5. The number of nitrogens with one attached hydrogen (secondary N) is 2. The number of nitrogens with two attached hydrogens (primary N) is 2. The minimum Gasteiger partial charge on any atom is -0.493 e. The van der Waals surface area contributed by atoms with Gasteiger partial charge in [-0.25, -0.2) is 9.98 Å². The van der Waals surface area contributed by atoms with Gasteiger partial charge in [-0.2, -0.15) is 10.5 Å². The lowest BCUT2D eigenvalue weighted by Gasteiger charge is -2.27. The fraction of sp³-hybridized carbons (Fsp3) is 0.300. The normalized spacial score (nSPS) is 14.3. The lowest BCUT2D eigenvalue weighted by molar-refractivity contribution is 0.108. The van der Waals surface area contributed by atoms with Crippen LogP contribution < -0.4 is 31.6 Å². The van der Waals surface area contributed by atoms with E-state index < -0.39 is 6.04 Å². The van der Waals surface area contributed by atoms with Gasteiger partial charge in [-0.15, -0.1) is 0 Å². The smallest absolute Gasteiger partial charge is 0.211 e. The zero-order valence-electron chi connectivity index (χ0n) is 17.1. The minimum atomic E-state index is -0.746. The summed E-state index contributed by atoms with van der Waals surface area (Å²) in [5.41, 5.74) is 13.4. The Balaban J connectivity index is 2.18. The van der Waals surface area contributed by atoms with Crippen LogP contribution in [0.4, 0.5) is 17.3 Å². The number of nitrogen functional groups attached to an aromatic ring is 2. The lowest BCUT2D eigenvalue weighted by Crippen LogP contribution is -2.33. The lowest BCUT2D eigenvalue weighted by atomic mass is 9.94. The minimum absolute atomic E-state index is 0.0259. The number of nitrogens with zero attached hydrogens (tertiary/aromatic N) is 4. The van der Waals surface area contributed by atoms with Crippen molar-refractivity contribution in [2.45, 2.75) is 13.0 Å². The molecule has 0 spiro atoms. The maximum Gasteiger partial charge on any atom is 0.211 e. The summed E-state index contributed by atoms with van der Waals surface area (Å²) < 4.78 is 16.8. The van der Waals surface area contributed by atoms with Crippen LogP contribution in [0.15, 0.2) is 23.2 Å². The van der Waals surface area contributed by atoms with Gasteiger partial charge in [-0.3, -0.25) is 5.32 Å². The Hall–Kier alpha value is -4.22. The summed E-state index contributed by atoms with van der Waals surface area (Å²) in [4.78, 5) is 8.82. The van der Waals surface area contributed by atoms with Crippen molar-refractivity contribution < 1.29 is 14.2 Å². The number of hydrogen-bond acceptors (Lipinski definition) is 11. The summed E-state index contributed by atoms with van der Waals surface area (Å²) in [6.07, 6.45) is 1.82. The van der Waals surface area contributed by atoms with E-state index in [2.05, 4.69) is 20.6 Å². The summed E-state index contributed by atoms with van der Waals surface area (Å²) in [7, 11) is 1.53. The van der Waals surface area contributed by atoms with Gasteiger partial charge in [0.15, 0.2) is 17.7 Å². The molecule has 0 radical (unpaired) electrons. The van der Waals surface area contributed by atoms with Crippen molar-refractivity contribution in [2.24, 2.45) is 4.99 Å². The van der Waals surface area contributed by atoms with E-state index in [4.69, 9.17) is 30.9 Å². The van der Waals surface area contributed by atoms with E-state index in [1.807, 2.05) is 19.2 Å². The molecule has 160 valence electrons. The SMILES string of the molecule is CCOCCOc1c(OC)cccc1C1N=C(NC#N)Nc2nc(N)c(C#N)c(N)c21. The van der Waals surface area contributed by atoms with Gasteiger partial charge in [0.2, 0.25) is 5.96 Å². The summed E-state index contributed by atoms with van der Waals surface area (Å²) in [5, 5.41) is 23.9. The molecule has 0 aliphatic carbocycles. The van der Waals surface area contributed by atoms with E-state index in [0.29, 0.717) is 35.8 Å². The maximum atomic E-state index is 9.48. The number of nitriles is 2. The zero-order valence-corrected chi connectivity index (χ0v) is 17.1. The van der Waals surface area contributed by atoms with E-state index in [1.54, 1.807) is 18.2 Å². The van der Waals surface area contributed by atoms with E-state index in [-0.39, 0.29) is 35.5 Å². The van der Waals surface area contributed by atoms with Crippen LogP contribution in [-0.4, -0.2) is 37.9 Å². The summed E-state index contributed by atoms with van der Waals surface area (Å²) in [6, 6.07) is 6.57. The second-order valence-electron chi connectivity index (χ2n) is 6.33. The van der Waals surface area contributed by atoms with E-state index in [0.717, 1.165) is 0 Å². The number of aromatic nitrogens is 1. The van der Waals surface area contributed by atoms with Crippen molar-refractivity contribution in [1.82, 2.24) is 10.3 Å². The number of fused-ring (bicyclic) bond motifs is 1. The number of para-hydroxylation sites is 1. The van der Waals surface area contributed by atoms with Crippen molar-refractivity contribution in [2.75, 3.05) is 43.7 Å². The highest BCUT2D eigenvalue weighted by Gasteiger charge is 2.32. The predicted octanol–water partition coefficient (Wildman–Crippen LogP) is 1.48. The van der Waals surface area contributed by atoms with Gasteiger partial charge >= 0.3 is 0 Å². The molecule has 0 bridgehead atoms. The van der Waals surface area contributed by atoms with Crippen molar-refractivity contribution in [3.63, 3.8) is 0 Å². The molecule has 6 N–H and O–H groups in total. The fourth-order valence-electron chi connectivity index (χ4n) is 3.22. The molecule has 2 aromatic rings. The van der Waals surface area contributed by atoms with Crippen LogP contribution in [0.25, 0.3) is 0 Å². The Bertz CT molecular complexity index is 1090. The average molecular weight is 422 g/mol. The first-order chi connectivity index (χ1) is 15.0. The molecule has 1 aliphatic rings. The van der Waals surface area contributed by atoms with Crippen LogP contribution >= 0.6 is 0 Å². The topological polar surface area (TPSA) is 177 Å². The number of benzene rings is 1. The molecule has 1 aliphatic heterocycles. The number of aliphatic imine (C=N–C) groups is 1. The first-order valence-corrected chi connectivity index (χ1v) is 9.41. The van der Waals surface area contributed by atoms with Crippen LogP contribution in [-0.2, 0) is 4.74 Å². The maximum absolute atomic E-state index is 9.48. The molecule has 3 rings (SSSR count). The van der Waals surface area contributed by atoms with Crippen molar-refractivity contribution >= 4 is 23.3 Å². The van der Waals surface area contributed by atoms with Crippen LogP contribution in [0.1, 0.15) is 29.7 Å². The monoisotopic (exact) mass is 422 g/mol. The molecular formula is C20H22N8O3. The number of rotatable bonds is 7. The largest absolute Gasteiger partial charge is 0.493 e. The summed E-state index contributed by atoms with van der Waals surface area (Å²) in [6.45, 7) is 3.14. The Kier molecular flexibility index (Phi) is 6.60. The van der Waals surface area contributed by atoms with Crippen molar-refractivity contribution in [1.29, 1.82) is 10.5 Å². The Morgan fingerprint density at radius 2 is 2.06 bits per heavy atom. The Morgan fingerprint density at radius 3 is 2.74 bits per heavy atom. The van der Waals surface area contributed by atoms with Gasteiger partial charge < -0.3 is 31.0 Å². The van der Waals surface area contributed by atoms with Crippen LogP contribution in [0.3, 0.4) is 0 Å². The second-order valence-corrected chi connectivity index (χ2v) is 6.33. The molecular weight excluding hydrogens is 400 g/mol. The van der Waals surface area contributed by atoms with E-state index in [9.17, 15) is 5.26 Å². The van der Waals surface area contributed by atoms with Gasteiger partial charge in [-0.1, -0.05) is 12.1 Å². The summed E-state index contributed by atoms with van der Waals surface area (Å²) in [5.74, 6) is 1.34. The number of methoxy groups -OCH3 is 1. The van der Waals surface area contributed by atoms with Crippen molar-refractivity contribution in [3.05, 3.63) is 34.9 Å². The standard InChI is InChI=1S/C20H22N8O3/c1-3-30-7-8-31-17-11(5-4-6-13(17)29-2)16-14-15(23)12(9-21)18(24)27-19(14)28-20(26-16)25-10-22/h4-6,16H,3,7-8H2,1-2H3,(H6,23,24,25,26,27,28). The highest BCUT2D eigenvalue weighted by molar-refractivity contribution is 5.98. The molecule has 1 aromatic heterocycles. The second kappa shape index (κ2) is 9.52. The molecule has 1 atom stereocenters. The predicted molar refractivity (Wildman–Crippen MR) is 114 cm³/mol. The number of guanidine groups is 1. The summed E-state index contributed by atoms with van der Waals surface area (Å²) >= 11 is 0. The van der Waals surface area contributed by atoms with E-state index in [1.165, 1.54) is 7.11 Å². The van der Waals surface area contributed by atoms with Crippen LogP contribution in [0.2, 0.25) is 0 Å². The Labute approximate surface area is 179 Å². The van der Waals surface area contributed by atoms with Crippen LogP contribution in [0, 0.1) is 22.8 Å². The third-order valence-electron chi connectivity index (χ3n) is 4.56. The van der Waals surface area contributed by atoms with Gasteiger partial charge in [0, 0.05) is 17.7 Å². The molecule has 1 aromatic carbocycles. The van der Waals surface area contributed by atoms with Gasteiger partial charge in [-0.05, 0) is 13.0 Å². The molecule has 0 amide bonds. The van der Waals surface area contributed by atoms with Gasteiger partial charge in [0.1, 0.15) is 35.9 Å². The number of anilines is 3. The highest BCUT2D eigenvalue weighted by Crippen LogP contribution is 2.45. The fourth-order valence-corrected chi connectivity index (χ4v) is 3.22. The first-order valence-electron chi connectivity index (χ1n) is 9.41. The zero-order chi connectivity index (χ0) is 22.4.